The monoisotopic (exact) mass is 438 g/mol. The second-order valence-electron chi connectivity index (χ2n) is 10.4. The van der Waals surface area contributed by atoms with E-state index in [1.807, 2.05) is 36.9 Å². The van der Waals surface area contributed by atoms with E-state index in [9.17, 15) is 14.4 Å². The minimum Gasteiger partial charge on any atom is -0.342 e. The number of hydrogen-bond acceptors (Lipinski definition) is 3. The molecular formula is C27H38N2O3. The summed E-state index contributed by atoms with van der Waals surface area (Å²) in [6.45, 7) is 5.46. The summed E-state index contributed by atoms with van der Waals surface area (Å²) in [5.41, 5.74) is 1.80. The van der Waals surface area contributed by atoms with Crippen LogP contribution in [-0.4, -0.2) is 41.6 Å². The first-order valence-electron chi connectivity index (χ1n) is 12.7. The lowest BCUT2D eigenvalue weighted by Crippen LogP contribution is -2.48. The van der Waals surface area contributed by atoms with E-state index in [1.54, 1.807) is 0 Å². The number of rotatable bonds is 7. The summed E-state index contributed by atoms with van der Waals surface area (Å²) < 4.78 is 0. The number of nitrogens with zero attached hydrogens (tertiary/aromatic N) is 1. The molecule has 1 heterocycles. The zero-order valence-corrected chi connectivity index (χ0v) is 19.6. The Morgan fingerprint density at radius 3 is 2.25 bits per heavy atom. The van der Waals surface area contributed by atoms with E-state index in [0.29, 0.717) is 17.4 Å². The van der Waals surface area contributed by atoms with Crippen molar-refractivity contribution in [3.63, 3.8) is 0 Å². The number of benzene rings is 1. The summed E-state index contributed by atoms with van der Waals surface area (Å²) in [5.74, 6) is 1.16. The number of ketones is 1. The number of carbonyl (C=O) groups is 3. The fourth-order valence-electron chi connectivity index (χ4n) is 5.43. The van der Waals surface area contributed by atoms with Crippen LogP contribution in [0.4, 0.5) is 0 Å². The fraction of sp³-hybridized carbons (Fsp3) is 0.667. The van der Waals surface area contributed by atoms with Gasteiger partial charge in [-0.15, -0.1) is 0 Å². The van der Waals surface area contributed by atoms with Crippen molar-refractivity contribution in [3.8, 4) is 0 Å². The van der Waals surface area contributed by atoms with E-state index in [0.717, 1.165) is 64.5 Å². The van der Waals surface area contributed by atoms with E-state index < -0.39 is 0 Å². The number of amides is 2. The van der Waals surface area contributed by atoms with Crippen molar-refractivity contribution in [2.45, 2.75) is 83.6 Å². The van der Waals surface area contributed by atoms with Crippen molar-refractivity contribution in [1.29, 1.82) is 0 Å². The number of likely N-dealkylation sites (tertiary alicyclic amines) is 1. The highest BCUT2D eigenvalue weighted by Crippen LogP contribution is 2.34. The van der Waals surface area contributed by atoms with Gasteiger partial charge in [-0.05, 0) is 68.1 Å². The van der Waals surface area contributed by atoms with Crippen molar-refractivity contribution in [2.24, 2.45) is 17.8 Å². The highest BCUT2D eigenvalue weighted by atomic mass is 16.2. The topological polar surface area (TPSA) is 66.5 Å². The molecule has 2 amide bonds. The summed E-state index contributed by atoms with van der Waals surface area (Å²) in [7, 11) is 0. The van der Waals surface area contributed by atoms with Gasteiger partial charge in [0.05, 0.1) is 6.04 Å². The first-order chi connectivity index (χ1) is 15.4. The molecule has 1 aromatic rings. The number of Topliss-reactive ketones (excluding diaryl/α,β-unsaturated/α-hetero) is 1. The van der Waals surface area contributed by atoms with Gasteiger partial charge >= 0.3 is 0 Å². The Hall–Kier alpha value is -2.17. The Morgan fingerprint density at radius 2 is 1.62 bits per heavy atom. The van der Waals surface area contributed by atoms with Crippen LogP contribution in [-0.2, 0) is 9.59 Å². The number of carbonyl (C=O) groups excluding carboxylic acids is 3. The van der Waals surface area contributed by atoms with Crippen molar-refractivity contribution in [1.82, 2.24) is 10.2 Å². The SMILES string of the molecule is CC(C)C(=O)[C@H](NC(=O)c1cccc(C2CCN(C(=O)C3CC3)CC2)c1)C1CCCCC1. The van der Waals surface area contributed by atoms with Crippen LogP contribution in [0.1, 0.15) is 93.5 Å². The van der Waals surface area contributed by atoms with Gasteiger partial charge in [0.1, 0.15) is 0 Å². The average Bonchev–Trinajstić information content (AvgIpc) is 3.68. The summed E-state index contributed by atoms with van der Waals surface area (Å²) in [6, 6.07) is 7.50. The molecular weight excluding hydrogens is 400 g/mol. The third kappa shape index (κ3) is 5.41. The Kier molecular flexibility index (Phi) is 7.32. The van der Waals surface area contributed by atoms with Gasteiger partial charge in [0.15, 0.2) is 5.78 Å². The van der Waals surface area contributed by atoms with Crippen LogP contribution in [0.3, 0.4) is 0 Å². The lowest BCUT2D eigenvalue weighted by molar-refractivity contribution is -0.133. The van der Waals surface area contributed by atoms with Crippen LogP contribution in [0.5, 0.6) is 0 Å². The molecule has 5 heteroatoms. The Morgan fingerprint density at radius 1 is 0.938 bits per heavy atom. The summed E-state index contributed by atoms with van der Waals surface area (Å²) in [5, 5.41) is 3.11. The van der Waals surface area contributed by atoms with Gasteiger partial charge < -0.3 is 10.2 Å². The molecule has 2 saturated carbocycles. The zero-order chi connectivity index (χ0) is 22.7. The highest BCUT2D eigenvalue weighted by Gasteiger charge is 2.35. The minimum absolute atomic E-state index is 0.0860. The quantitative estimate of drug-likeness (QED) is 0.671. The molecule has 1 aliphatic heterocycles. The maximum Gasteiger partial charge on any atom is 0.251 e. The van der Waals surface area contributed by atoms with Crippen LogP contribution in [0.2, 0.25) is 0 Å². The molecule has 0 bridgehead atoms. The zero-order valence-electron chi connectivity index (χ0n) is 19.6. The van der Waals surface area contributed by atoms with Gasteiger partial charge in [-0.2, -0.15) is 0 Å². The molecule has 32 heavy (non-hydrogen) atoms. The molecule has 1 atom stereocenters. The molecule has 4 rings (SSSR count). The molecule has 0 aromatic heterocycles. The molecule has 3 aliphatic rings. The normalized spacial score (nSPS) is 21.4. The number of piperidine rings is 1. The molecule has 3 fully saturated rings. The standard InChI is InChI=1S/C27H38N2O3/c1-18(2)25(30)24(20-7-4-3-5-8-20)28-26(31)23-10-6-9-22(17-23)19-13-15-29(16-14-19)27(32)21-11-12-21/h6,9-10,17-21,24H,3-5,7-8,11-16H2,1-2H3,(H,28,31)/t24-/m1/s1. The predicted octanol–water partition coefficient (Wildman–Crippen LogP) is 4.71. The third-order valence-corrected chi connectivity index (χ3v) is 7.64. The van der Waals surface area contributed by atoms with E-state index in [1.165, 1.54) is 12.0 Å². The van der Waals surface area contributed by atoms with Crippen LogP contribution in [0.25, 0.3) is 0 Å². The second-order valence-corrected chi connectivity index (χ2v) is 10.4. The Balaban J connectivity index is 1.40. The lowest BCUT2D eigenvalue weighted by atomic mass is 9.80. The van der Waals surface area contributed by atoms with Crippen molar-refractivity contribution >= 4 is 17.6 Å². The van der Waals surface area contributed by atoms with E-state index in [-0.39, 0.29) is 35.5 Å². The van der Waals surface area contributed by atoms with Gasteiger partial charge in [0.2, 0.25) is 5.91 Å². The minimum atomic E-state index is -0.386. The lowest BCUT2D eigenvalue weighted by Gasteiger charge is -2.33. The van der Waals surface area contributed by atoms with Gasteiger partial charge in [0, 0.05) is 30.5 Å². The van der Waals surface area contributed by atoms with Crippen LogP contribution >= 0.6 is 0 Å². The van der Waals surface area contributed by atoms with Crippen LogP contribution in [0.15, 0.2) is 24.3 Å². The van der Waals surface area contributed by atoms with Crippen molar-refractivity contribution < 1.29 is 14.4 Å². The molecule has 1 saturated heterocycles. The van der Waals surface area contributed by atoms with Crippen LogP contribution in [0, 0.1) is 17.8 Å². The van der Waals surface area contributed by atoms with Gasteiger partial charge in [0.25, 0.3) is 5.91 Å². The van der Waals surface area contributed by atoms with E-state index >= 15 is 0 Å². The molecule has 1 N–H and O–H groups in total. The molecule has 0 spiro atoms. The smallest absolute Gasteiger partial charge is 0.251 e. The molecule has 0 unspecified atom stereocenters. The van der Waals surface area contributed by atoms with Crippen LogP contribution < -0.4 is 5.32 Å². The molecule has 0 radical (unpaired) electrons. The Bertz CT molecular complexity index is 831. The third-order valence-electron chi connectivity index (χ3n) is 7.64. The summed E-state index contributed by atoms with van der Waals surface area (Å²) in [4.78, 5) is 40.4. The van der Waals surface area contributed by atoms with E-state index in [4.69, 9.17) is 0 Å². The molecule has 1 aromatic carbocycles. The first-order valence-corrected chi connectivity index (χ1v) is 12.7. The largest absolute Gasteiger partial charge is 0.342 e. The fourth-order valence-corrected chi connectivity index (χ4v) is 5.43. The number of nitrogens with one attached hydrogen (secondary N) is 1. The summed E-state index contributed by atoms with van der Waals surface area (Å²) in [6.07, 6.45) is 9.53. The average molecular weight is 439 g/mol. The molecule has 174 valence electrons. The van der Waals surface area contributed by atoms with Gasteiger partial charge in [-0.25, -0.2) is 0 Å². The second kappa shape index (κ2) is 10.2. The van der Waals surface area contributed by atoms with Crippen molar-refractivity contribution in [3.05, 3.63) is 35.4 Å². The maximum absolute atomic E-state index is 13.2. The van der Waals surface area contributed by atoms with Crippen molar-refractivity contribution in [2.75, 3.05) is 13.1 Å². The summed E-state index contributed by atoms with van der Waals surface area (Å²) >= 11 is 0. The predicted molar refractivity (Wildman–Crippen MR) is 125 cm³/mol. The molecule has 2 aliphatic carbocycles. The number of hydrogen-bond donors (Lipinski definition) is 1. The first kappa shape index (κ1) is 23.0. The highest BCUT2D eigenvalue weighted by molar-refractivity contribution is 5.98. The molecule has 5 nitrogen and oxygen atoms in total. The van der Waals surface area contributed by atoms with E-state index in [2.05, 4.69) is 11.4 Å². The Labute approximate surface area is 192 Å². The van der Waals surface area contributed by atoms with Gasteiger partial charge in [-0.1, -0.05) is 45.2 Å². The van der Waals surface area contributed by atoms with Gasteiger partial charge in [-0.3, -0.25) is 14.4 Å². The maximum atomic E-state index is 13.2.